The number of aryl methyl sites for hydroxylation is 2. The number of rotatable bonds is 5. The van der Waals surface area contributed by atoms with Gasteiger partial charge in [-0.3, -0.25) is 4.79 Å². The Morgan fingerprint density at radius 2 is 2.29 bits per heavy atom. The molecule has 0 bridgehead atoms. The quantitative estimate of drug-likeness (QED) is 0.834. The highest BCUT2D eigenvalue weighted by Gasteiger charge is 2.27. The average Bonchev–Trinajstić information content (AvgIpc) is 3.09. The van der Waals surface area contributed by atoms with E-state index in [1.165, 1.54) is 22.5 Å². The number of amides is 1. The van der Waals surface area contributed by atoms with Gasteiger partial charge in [0.2, 0.25) is 5.91 Å². The summed E-state index contributed by atoms with van der Waals surface area (Å²) < 4.78 is 0. The van der Waals surface area contributed by atoms with E-state index in [4.69, 9.17) is 5.73 Å². The van der Waals surface area contributed by atoms with Crippen molar-refractivity contribution in [1.29, 1.82) is 0 Å². The highest BCUT2D eigenvalue weighted by molar-refractivity contribution is 7.13. The standard InChI is InChI=1S/C16H19N3OS/c17-16-19-12(10-21-16)5-3-9-18-15(20)14-8-7-11-4-1-2-6-13(11)14/h1-2,4,6,10,14H,3,5,7-9H2,(H2,17,19)(H,18,20). The van der Waals surface area contributed by atoms with Gasteiger partial charge in [0.25, 0.3) is 0 Å². The maximum atomic E-state index is 12.3. The largest absolute Gasteiger partial charge is 0.375 e. The molecule has 5 heteroatoms. The van der Waals surface area contributed by atoms with Crippen molar-refractivity contribution in [3.63, 3.8) is 0 Å². The van der Waals surface area contributed by atoms with Crippen molar-refractivity contribution in [1.82, 2.24) is 10.3 Å². The van der Waals surface area contributed by atoms with Crippen LogP contribution < -0.4 is 11.1 Å². The summed E-state index contributed by atoms with van der Waals surface area (Å²) >= 11 is 1.46. The summed E-state index contributed by atoms with van der Waals surface area (Å²) in [6.07, 6.45) is 3.68. The summed E-state index contributed by atoms with van der Waals surface area (Å²) in [5.41, 5.74) is 9.12. The number of hydrogen-bond acceptors (Lipinski definition) is 4. The van der Waals surface area contributed by atoms with E-state index in [9.17, 15) is 4.79 Å². The lowest BCUT2D eigenvalue weighted by atomic mass is 10.0. The minimum Gasteiger partial charge on any atom is -0.375 e. The molecule has 0 aliphatic heterocycles. The molecular weight excluding hydrogens is 282 g/mol. The van der Waals surface area contributed by atoms with Crippen LogP contribution in [0.2, 0.25) is 0 Å². The number of fused-ring (bicyclic) bond motifs is 1. The molecule has 1 aliphatic rings. The van der Waals surface area contributed by atoms with E-state index < -0.39 is 0 Å². The Balaban J connectivity index is 1.47. The van der Waals surface area contributed by atoms with Crippen LogP contribution in [0.5, 0.6) is 0 Å². The monoisotopic (exact) mass is 301 g/mol. The molecule has 4 nitrogen and oxygen atoms in total. The van der Waals surface area contributed by atoms with Gasteiger partial charge in [0, 0.05) is 11.9 Å². The second-order valence-electron chi connectivity index (χ2n) is 5.36. The zero-order valence-electron chi connectivity index (χ0n) is 11.8. The molecule has 3 rings (SSSR count). The fourth-order valence-electron chi connectivity index (χ4n) is 2.87. The molecule has 3 N–H and O–H groups in total. The van der Waals surface area contributed by atoms with Crippen LogP contribution in [0.15, 0.2) is 29.6 Å². The van der Waals surface area contributed by atoms with E-state index in [2.05, 4.69) is 22.4 Å². The van der Waals surface area contributed by atoms with Crippen LogP contribution in [0.1, 0.15) is 35.6 Å². The summed E-state index contributed by atoms with van der Waals surface area (Å²) in [7, 11) is 0. The second-order valence-corrected chi connectivity index (χ2v) is 6.25. The molecule has 1 unspecified atom stereocenters. The van der Waals surface area contributed by atoms with E-state index in [1.54, 1.807) is 0 Å². The molecule has 0 saturated heterocycles. The SMILES string of the molecule is Nc1nc(CCCNC(=O)C2CCc3ccccc32)cs1. The third-order valence-electron chi connectivity index (χ3n) is 3.93. The van der Waals surface area contributed by atoms with Crippen molar-refractivity contribution in [2.75, 3.05) is 12.3 Å². The number of thiazole rings is 1. The number of nitrogen functional groups attached to an aromatic ring is 1. The minimum absolute atomic E-state index is 0.0242. The van der Waals surface area contributed by atoms with E-state index >= 15 is 0 Å². The van der Waals surface area contributed by atoms with Gasteiger partial charge in [-0.15, -0.1) is 11.3 Å². The topological polar surface area (TPSA) is 68.0 Å². The number of carbonyl (C=O) groups is 1. The summed E-state index contributed by atoms with van der Waals surface area (Å²) in [6, 6.07) is 8.25. The molecule has 1 aromatic heterocycles. The Kier molecular flexibility index (Phi) is 4.20. The maximum absolute atomic E-state index is 12.3. The van der Waals surface area contributed by atoms with Gasteiger partial charge in [-0.2, -0.15) is 0 Å². The molecule has 1 heterocycles. The first kappa shape index (κ1) is 14.1. The highest BCUT2D eigenvalue weighted by Crippen LogP contribution is 2.32. The zero-order valence-corrected chi connectivity index (χ0v) is 12.7. The maximum Gasteiger partial charge on any atom is 0.227 e. The lowest BCUT2D eigenvalue weighted by molar-refractivity contribution is -0.122. The summed E-state index contributed by atoms with van der Waals surface area (Å²) in [5.74, 6) is 0.175. The normalized spacial score (nSPS) is 16.7. The van der Waals surface area contributed by atoms with Gasteiger partial charge in [-0.1, -0.05) is 24.3 Å². The van der Waals surface area contributed by atoms with Crippen molar-refractivity contribution in [2.24, 2.45) is 0 Å². The van der Waals surface area contributed by atoms with E-state index in [-0.39, 0.29) is 11.8 Å². The molecule has 0 spiro atoms. The fourth-order valence-corrected chi connectivity index (χ4v) is 3.47. The Morgan fingerprint density at radius 3 is 3.10 bits per heavy atom. The van der Waals surface area contributed by atoms with Crippen molar-refractivity contribution in [2.45, 2.75) is 31.6 Å². The number of nitrogens with one attached hydrogen (secondary N) is 1. The predicted octanol–water partition coefficient (Wildman–Crippen LogP) is 2.50. The van der Waals surface area contributed by atoms with Crippen LogP contribution in [-0.2, 0) is 17.6 Å². The number of nitrogens with zero attached hydrogens (tertiary/aromatic N) is 1. The van der Waals surface area contributed by atoms with Crippen molar-refractivity contribution >= 4 is 22.4 Å². The Morgan fingerprint density at radius 1 is 1.43 bits per heavy atom. The van der Waals surface area contributed by atoms with Crippen LogP contribution in [0.25, 0.3) is 0 Å². The molecular formula is C16H19N3OS. The number of aromatic nitrogens is 1. The summed E-state index contributed by atoms with van der Waals surface area (Å²) in [5, 5.41) is 5.63. The third kappa shape index (κ3) is 3.24. The van der Waals surface area contributed by atoms with E-state index in [0.717, 1.165) is 31.4 Å². The average molecular weight is 301 g/mol. The molecule has 21 heavy (non-hydrogen) atoms. The molecule has 1 aliphatic carbocycles. The zero-order chi connectivity index (χ0) is 14.7. The van der Waals surface area contributed by atoms with Crippen molar-refractivity contribution in [3.8, 4) is 0 Å². The van der Waals surface area contributed by atoms with Crippen molar-refractivity contribution < 1.29 is 4.79 Å². The first-order valence-corrected chi connectivity index (χ1v) is 8.17. The van der Waals surface area contributed by atoms with E-state index in [0.29, 0.717) is 11.7 Å². The number of anilines is 1. The molecule has 1 amide bonds. The second kappa shape index (κ2) is 6.26. The lowest BCUT2D eigenvalue weighted by Gasteiger charge is -2.12. The predicted molar refractivity (Wildman–Crippen MR) is 85.4 cm³/mol. The molecule has 1 aromatic carbocycles. The highest BCUT2D eigenvalue weighted by atomic mass is 32.1. The molecule has 1 atom stereocenters. The lowest BCUT2D eigenvalue weighted by Crippen LogP contribution is -2.29. The molecule has 2 aromatic rings. The number of hydrogen-bond donors (Lipinski definition) is 2. The third-order valence-corrected chi connectivity index (χ3v) is 4.65. The summed E-state index contributed by atoms with van der Waals surface area (Å²) in [6.45, 7) is 0.689. The summed E-state index contributed by atoms with van der Waals surface area (Å²) in [4.78, 5) is 16.5. The molecule has 0 radical (unpaired) electrons. The van der Waals surface area contributed by atoms with Crippen LogP contribution in [-0.4, -0.2) is 17.4 Å². The van der Waals surface area contributed by atoms with Crippen LogP contribution in [0.4, 0.5) is 5.13 Å². The number of nitrogens with two attached hydrogens (primary N) is 1. The van der Waals surface area contributed by atoms with Crippen LogP contribution in [0.3, 0.4) is 0 Å². The smallest absolute Gasteiger partial charge is 0.227 e. The van der Waals surface area contributed by atoms with Gasteiger partial charge in [0.1, 0.15) is 0 Å². The van der Waals surface area contributed by atoms with Crippen LogP contribution in [0, 0.1) is 0 Å². The van der Waals surface area contributed by atoms with Gasteiger partial charge in [0.05, 0.1) is 11.6 Å². The Bertz CT molecular complexity index is 638. The molecule has 0 saturated carbocycles. The fraction of sp³-hybridized carbons (Fsp3) is 0.375. The van der Waals surface area contributed by atoms with Crippen LogP contribution >= 0.6 is 11.3 Å². The van der Waals surface area contributed by atoms with Gasteiger partial charge < -0.3 is 11.1 Å². The van der Waals surface area contributed by atoms with Gasteiger partial charge in [-0.05, 0) is 36.8 Å². The minimum atomic E-state index is 0.0242. The number of carbonyl (C=O) groups excluding carboxylic acids is 1. The molecule has 0 fully saturated rings. The first-order chi connectivity index (χ1) is 10.2. The molecule has 110 valence electrons. The van der Waals surface area contributed by atoms with Gasteiger partial charge in [-0.25, -0.2) is 4.98 Å². The van der Waals surface area contributed by atoms with Crippen molar-refractivity contribution in [3.05, 3.63) is 46.5 Å². The number of benzene rings is 1. The first-order valence-electron chi connectivity index (χ1n) is 7.29. The Labute approximate surface area is 128 Å². The Hall–Kier alpha value is -1.88. The van der Waals surface area contributed by atoms with Gasteiger partial charge >= 0.3 is 0 Å². The van der Waals surface area contributed by atoms with E-state index in [1.807, 2.05) is 17.5 Å². The van der Waals surface area contributed by atoms with Gasteiger partial charge in [0.15, 0.2) is 5.13 Å².